The number of unbranched alkanes of at least 4 members (excludes halogenated alkanes) is 2. The van der Waals surface area contributed by atoms with E-state index in [0.717, 1.165) is 38.8 Å². The summed E-state index contributed by atoms with van der Waals surface area (Å²) < 4.78 is 0. The van der Waals surface area contributed by atoms with E-state index in [4.69, 9.17) is 5.11 Å². The molecule has 0 aliphatic heterocycles. The first-order chi connectivity index (χ1) is 9.92. The molecule has 0 aromatic heterocycles. The first-order valence-corrected chi connectivity index (χ1v) is 8.16. The number of amides is 1. The van der Waals surface area contributed by atoms with Crippen molar-refractivity contribution in [1.82, 2.24) is 10.2 Å². The Morgan fingerprint density at radius 2 is 1.62 bits per heavy atom. The van der Waals surface area contributed by atoms with Gasteiger partial charge >= 0.3 is 5.97 Å². The van der Waals surface area contributed by atoms with Crippen LogP contribution < -0.4 is 5.32 Å². The molecule has 0 aromatic rings. The van der Waals surface area contributed by atoms with Crippen molar-refractivity contribution in [2.45, 2.75) is 65.8 Å². The summed E-state index contributed by atoms with van der Waals surface area (Å²) in [5.74, 6) is -0.595. The minimum atomic E-state index is -0.884. The fraction of sp³-hybridized carbons (Fsp3) is 0.875. The van der Waals surface area contributed by atoms with Gasteiger partial charge in [0.1, 0.15) is 6.04 Å². The van der Waals surface area contributed by atoms with Crippen LogP contribution in [0.4, 0.5) is 0 Å². The van der Waals surface area contributed by atoms with Gasteiger partial charge in [-0.3, -0.25) is 14.9 Å². The molecule has 0 radical (unpaired) electrons. The molecule has 0 saturated carbocycles. The number of nitrogens with one attached hydrogen (secondary N) is 1. The molecule has 0 aromatic carbocycles. The Hall–Kier alpha value is -1.10. The van der Waals surface area contributed by atoms with Gasteiger partial charge < -0.3 is 10.0 Å². The second-order valence-corrected chi connectivity index (χ2v) is 5.99. The molecule has 5 heteroatoms. The lowest BCUT2D eigenvalue weighted by atomic mass is 10.0. The Labute approximate surface area is 129 Å². The molecule has 0 heterocycles. The highest BCUT2D eigenvalue weighted by Crippen LogP contribution is 2.05. The van der Waals surface area contributed by atoms with Crippen LogP contribution in [-0.4, -0.2) is 47.6 Å². The number of hydrogen-bond acceptors (Lipinski definition) is 3. The van der Waals surface area contributed by atoms with Crippen LogP contribution in [0.2, 0.25) is 0 Å². The molecular formula is C16H32N2O3. The van der Waals surface area contributed by atoms with Crippen LogP contribution in [-0.2, 0) is 9.59 Å². The lowest BCUT2D eigenvalue weighted by molar-refractivity contribution is -0.140. The highest BCUT2D eigenvalue weighted by atomic mass is 16.4. The van der Waals surface area contributed by atoms with Crippen LogP contribution in [0.3, 0.4) is 0 Å². The maximum atomic E-state index is 12.2. The fourth-order valence-corrected chi connectivity index (χ4v) is 2.12. The van der Waals surface area contributed by atoms with Crippen molar-refractivity contribution >= 4 is 11.9 Å². The van der Waals surface area contributed by atoms with Crippen molar-refractivity contribution in [2.75, 3.05) is 19.6 Å². The topological polar surface area (TPSA) is 69.6 Å². The first kappa shape index (κ1) is 19.9. The molecule has 0 fully saturated rings. The summed E-state index contributed by atoms with van der Waals surface area (Å²) in [6.07, 6.45) is 4.61. The van der Waals surface area contributed by atoms with E-state index in [-0.39, 0.29) is 18.4 Å². The number of carboxylic acid groups (broad SMARTS) is 1. The highest BCUT2D eigenvalue weighted by molar-refractivity contribution is 5.80. The van der Waals surface area contributed by atoms with E-state index in [9.17, 15) is 9.59 Å². The molecule has 21 heavy (non-hydrogen) atoms. The van der Waals surface area contributed by atoms with Gasteiger partial charge in [0, 0.05) is 13.1 Å². The number of carbonyl (C=O) groups excluding carboxylic acids is 1. The number of nitrogens with zero attached hydrogens (tertiary/aromatic N) is 1. The van der Waals surface area contributed by atoms with Gasteiger partial charge in [0.05, 0.1) is 6.54 Å². The van der Waals surface area contributed by atoms with E-state index >= 15 is 0 Å². The van der Waals surface area contributed by atoms with Crippen molar-refractivity contribution in [1.29, 1.82) is 0 Å². The molecule has 1 atom stereocenters. The molecule has 0 aliphatic carbocycles. The fourth-order valence-electron chi connectivity index (χ4n) is 2.12. The van der Waals surface area contributed by atoms with Crippen LogP contribution in [0.1, 0.15) is 59.8 Å². The lowest BCUT2D eigenvalue weighted by Crippen LogP contribution is -2.45. The van der Waals surface area contributed by atoms with Gasteiger partial charge in [0.2, 0.25) is 5.91 Å². The standard InChI is InChI=1S/C16H32N2O3/c1-5-7-9-18(10-8-6-2)15(19)12-17-14(16(20)21)11-13(3)4/h13-14,17H,5-12H2,1-4H3,(H,20,21). The highest BCUT2D eigenvalue weighted by Gasteiger charge is 2.20. The van der Waals surface area contributed by atoms with E-state index in [1.165, 1.54) is 0 Å². The second-order valence-electron chi connectivity index (χ2n) is 5.99. The van der Waals surface area contributed by atoms with Gasteiger partial charge in [0.15, 0.2) is 0 Å². The normalized spacial score (nSPS) is 12.4. The molecule has 0 bridgehead atoms. The molecule has 0 spiro atoms. The van der Waals surface area contributed by atoms with E-state index in [0.29, 0.717) is 6.42 Å². The quantitative estimate of drug-likeness (QED) is 0.581. The molecular weight excluding hydrogens is 268 g/mol. The lowest BCUT2D eigenvalue weighted by Gasteiger charge is -2.24. The van der Waals surface area contributed by atoms with Gasteiger partial charge in [-0.25, -0.2) is 0 Å². The zero-order chi connectivity index (χ0) is 16.3. The second kappa shape index (κ2) is 11.5. The zero-order valence-corrected chi connectivity index (χ0v) is 14.0. The summed E-state index contributed by atoms with van der Waals surface area (Å²) in [4.78, 5) is 25.3. The molecule has 1 unspecified atom stereocenters. The van der Waals surface area contributed by atoms with Crippen molar-refractivity contribution in [3.8, 4) is 0 Å². The molecule has 124 valence electrons. The summed E-state index contributed by atoms with van der Waals surface area (Å²) in [6, 6.07) is -0.645. The average Bonchev–Trinajstić information content (AvgIpc) is 2.42. The van der Waals surface area contributed by atoms with E-state index < -0.39 is 12.0 Å². The van der Waals surface area contributed by atoms with Gasteiger partial charge in [-0.1, -0.05) is 40.5 Å². The van der Waals surface area contributed by atoms with Crippen molar-refractivity contribution < 1.29 is 14.7 Å². The monoisotopic (exact) mass is 300 g/mol. The Morgan fingerprint density at radius 1 is 1.10 bits per heavy atom. The molecule has 0 saturated heterocycles. The Kier molecular flexibility index (Phi) is 10.9. The van der Waals surface area contributed by atoms with Gasteiger partial charge in [-0.05, 0) is 25.2 Å². The number of carbonyl (C=O) groups is 2. The van der Waals surface area contributed by atoms with Crippen LogP contribution in [0.15, 0.2) is 0 Å². The predicted octanol–water partition coefficient (Wildman–Crippen LogP) is 2.50. The minimum Gasteiger partial charge on any atom is -0.480 e. The third-order valence-corrected chi connectivity index (χ3v) is 3.42. The maximum absolute atomic E-state index is 12.2. The predicted molar refractivity (Wildman–Crippen MR) is 85.3 cm³/mol. The van der Waals surface area contributed by atoms with Crippen LogP contribution >= 0.6 is 0 Å². The third kappa shape index (κ3) is 9.45. The van der Waals surface area contributed by atoms with Crippen LogP contribution in [0.25, 0.3) is 0 Å². The number of carboxylic acids is 1. The number of hydrogen-bond donors (Lipinski definition) is 2. The smallest absolute Gasteiger partial charge is 0.320 e. The largest absolute Gasteiger partial charge is 0.480 e. The average molecular weight is 300 g/mol. The summed E-state index contributed by atoms with van der Waals surface area (Å²) in [5, 5.41) is 12.1. The first-order valence-electron chi connectivity index (χ1n) is 8.16. The summed E-state index contributed by atoms with van der Waals surface area (Å²) in [5.41, 5.74) is 0. The molecule has 0 aliphatic rings. The summed E-state index contributed by atoms with van der Waals surface area (Å²) >= 11 is 0. The number of aliphatic carboxylic acids is 1. The van der Waals surface area contributed by atoms with E-state index in [1.54, 1.807) is 0 Å². The van der Waals surface area contributed by atoms with Gasteiger partial charge in [0.25, 0.3) is 0 Å². The molecule has 5 nitrogen and oxygen atoms in total. The third-order valence-electron chi connectivity index (χ3n) is 3.42. The Morgan fingerprint density at radius 3 is 2.00 bits per heavy atom. The summed E-state index contributed by atoms with van der Waals surface area (Å²) in [6.45, 7) is 9.80. The molecule has 2 N–H and O–H groups in total. The molecule has 0 rings (SSSR count). The Bertz CT molecular complexity index is 298. The van der Waals surface area contributed by atoms with Crippen LogP contribution in [0, 0.1) is 5.92 Å². The van der Waals surface area contributed by atoms with Crippen molar-refractivity contribution in [2.24, 2.45) is 5.92 Å². The minimum absolute atomic E-state index is 0.00639. The maximum Gasteiger partial charge on any atom is 0.320 e. The number of rotatable bonds is 12. The van der Waals surface area contributed by atoms with E-state index in [2.05, 4.69) is 19.2 Å². The molecule has 1 amide bonds. The van der Waals surface area contributed by atoms with Crippen molar-refractivity contribution in [3.63, 3.8) is 0 Å². The van der Waals surface area contributed by atoms with Gasteiger partial charge in [-0.15, -0.1) is 0 Å². The van der Waals surface area contributed by atoms with Gasteiger partial charge in [-0.2, -0.15) is 0 Å². The van der Waals surface area contributed by atoms with Crippen molar-refractivity contribution in [3.05, 3.63) is 0 Å². The summed E-state index contributed by atoms with van der Waals surface area (Å²) in [7, 11) is 0. The SMILES string of the molecule is CCCCN(CCCC)C(=O)CNC(CC(C)C)C(=O)O. The van der Waals surface area contributed by atoms with E-state index in [1.807, 2.05) is 18.7 Å². The zero-order valence-electron chi connectivity index (χ0n) is 14.0. The van der Waals surface area contributed by atoms with Crippen LogP contribution in [0.5, 0.6) is 0 Å². The Balaban J connectivity index is 4.39.